The van der Waals surface area contributed by atoms with E-state index in [2.05, 4.69) is 17.1 Å². The SMILES string of the molecule is CCN(C1CC1)C1CC(O)CCC1NC(=O)OC(C)(C)C. The lowest BCUT2D eigenvalue weighted by atomic mass is 9.87. The maximum atomic E-state index is 12.0. The molecule has 0 bridgehead atoms. The van der Waals surface area contributed by atoms with Gasteiger partial charge < -0.3 is 15.2 Å². The van der Waals surface area contributed by atoms with Gasteiger partial charge in [-0.15, -0.1) is 0 Å². The highest BCUT2D eigenvalue weighted by molar-refractivity contribution is 5.68. The molecule has 0 saturated heterocycles. The number of ether oxygens (including phenoxy) is 1. The zero-order valence-electron chi connectivity index (χ0n) is 13.8. The number of alkyl carbamates (subject to hydrolysis) is 1. The molecule has 0 heterocycles. The molecule has 0 spiro atoms. The Labute approximate surface area is 128 Å². The second kappa shape index (κ2) is 6.53. The number of carbonyl (C=O) groups is 1. The first-order chi connectivity index (χ1) is 9.80. The van der Waals surface area contributed by atoms with Crippen LogP contribution in [0.15, 0.2) is 0 Å². The van der Waals surface area contributed by atoms with Gasteiger partial charge >= 0.3 is 6.09 Å². The number of aliphatic hydroxyl groups is 1. The maximum Gasteiger partial charge on any atom is 0.407 e. The molecule has 2 rings (SSSR count). The Morgan fingerprint density at radius 2 is 1.95 bits per heavy atom. The van der Waals surface area contributed by atoms with Crippen LogP contribution in [0.1, 0.15) is 59.8 Å². The fourth-order valence-electron chi connectivity index (χ4n) is 3.29. The third-order valence-electron chi connectivity index (χ3n) is 4.30. The first-order valence-corrected chi connectivity index (χ1v) is 8.23. The van der Waals surface area contributed by atoms with E-state index >= 15 is 0 Å². The van der Waals surface area contributed by atoms with Crippen molar-refractivity contribution >= 4 is 6.09 Å². The maximum absolute atomic E-state index is 12.0. The van der Waals surface area contributed by atoms with Crippen LogP contribution in [0.2, 0.25) is 0 Å². The van der Waals surface area contributed by atoms with Crippen LogP contribution in [-0.4, -0.2) is 52.5 Å². The molecule has 5 heteroatoms. The third-order valence-corrected chi connectivity index (χ3v) is 4.30. The standard InChI is InChI=1S/C16H30N2O3/c1-5-18(11-6-7-11)14-10-12(19)8-9-13(14)17-15(20)21-16(2,3)4/h11-14,19H,5-10H2,1-4H3,(H,17,20). The minimum Gasteiger partial charge on any atom is -0.444 e. The highest BCUT2D eigenvalue weighted by Crippen LogP contribution is 2.33. The van der Waals surface area contributed by atoms with E-state index in [0.717, 1.165) is 25.8 Å². The zero-order valence-corrected chi connectivity index (χ0v) is 13.8. The minimum atomic E-state index is -0.477. The lowest BCUT2D eigenvalue weighted by Gasteiger charge is -2.41. The number of likely N-dealkylation sites (N-methyl/N-ethyl adjacent to an activating group) is 1. The van der Waals surface area contributed by atoms with Crippen molar-refractivity contribution in [2.24, 2.45) is 0 Å². The van der Waals surface area contributed by atoms with Crippen molar-refractivity contribution < 1.29 is 14.6 Å². The van der Waals surface area contributed by atoms with Crippen LogP contribution in [0, 0.1) is 0 Å². The summed E-state index contributed by atoms with van der Waals surface area (Å²) in [5, 5.41) is 13.0. The van der Waals surface area contributed by atoms with Gasteiger partial charge in [0.1, 0.15) is 5.60 Å². The quantitative estimate of drug-likeness (QED) is 0.836. The number of hydrogen-bond acceptors (Lipinski definition) is 4. The van der Waals surface area contributed by atoms with Crippen LogP contribution >= 0.6 is 0 Å². The molecule has 21 heavy (non-hydrogen) atoms. The topological polar surface area (TPSA) is 61.8 Å². The highest BCUT2D eigenvalue weighted by Gasteiger charge is 2.40. The molecular weight excluding hydrogens is 268 g/mol. The molecule has 0 aromatic rings. The zero-order chi connectivity index (χ0) is 15.6. The molecular formula is C16H30N2O3. The Morgan fingerprint density at radius 3 is 2.48 bits per heavy atom. The monoisotopic (exact) mass is 298 g/mol. The molecule has 3 unspecified atom stereocenters. The van der Waals surface area contributed by atoms with E-state index < -0.39 is 5.60 Å². The molecule has 0 aromatic heterocycles. The Bertz CT molecular complexity index is 363. The molecule has 2 N–H and O–H groups in total. The molecule has 0 aromatic carbocycles. The smallest absolute Gasteiger partial charge is 0.407 e. The van der Waals surface area contributed by atoms with E-state index in [0.29, 0.717) is 6.04 Å². The highest BCUT2D eigenvalue weighted by atomic mass is 16.6. The summed E-state index contributed by atoms with van der Waals surface area (Å²) in [4.78, 5) is 14.5. The fourth-order valence-corrected chi connectivity index (χ4v) is 3.29. The summed E-state index contributed by atoms with van der Waals surface area (Å²) in [5.41, 5.74) is -0.477. The lowest BCUT2D eigenvalue weighted by Crippen LogP contribution is -2.56. The van der Waals surface area contributed by atoms with E-state index in [1.54, 1.807) is 0 Å². The third kappa shape index (κ3) is 4.85. The number of amides is 1. The van der Waals surface area contributed by atoms with Crippen molar-refractivity contribution in [1.82, 2.24) is 10.2 Å². The molecule has 122 valence electrons. The molecule has 2 aliphatic carbocycles. The first-order valence-electron chi connectivity index (χ1n) is 8.23. The van der Waals surface area contributed by atoms with Gasteiger partial charge in [-0.3, -0.25) is 4.90 Å². The molecule has 2 saturated carbocycles. The number of nitrogens with one attached hydrogen (secondary N) is 1. The van der Waals surface area contributed by atoms with Gasteiger partial charge in [0.2, 0.25) is 0 Å². The second-order valence-electron chi connectivity index (χ2n) is 7.35. The van der Waals surface area contributed by atoms with Crippen molar-refractivity contribution in [3.05, 3.63) is 0 Å². The summed E-state index contributed by atoms with van der Waals surface area (Å²) in [6.45, 7) is 8.74. The Balaban J connectivity index is 1.99. The van der Waals surface area contributed by atoms with Gasteiger partial charge in [0.15, 0.2) is 0 Å². The van der Waals surface area contributed by atoms with Crippen LogP contribution in [-0.2, 0) is 4.74 Å². The lowest BCUT2D eigenvalue weighted by molar-refractivity contribution is 0.0221. The molecule has 0 aliphatic heterocycles. The van der Waals surface area contributed by atoms with Crippen molar-refractivity contribution in [1.29, 1.82) is 0 Å². The average Bonchev–Trinajstić information content (AvgIpc) is 3.15. The average molecular weight is 298 g/mol. The van der Waals surface area contributed by atoms with Crippen molar-refractivity contribution in [3.8, 4) is 0 Å². The number of rotatable bonds is 4. The van der Waals surface area contributed by atoms with E-state index in [9.17, 15) is 9.90 Å². The van der Waals surface area contributed by atoms with Gasteiger partial charge in [-0.25, -0.2) is 4.79 Å². The Hall–Kier alpha value is -0.810. The summed E-state index contributed by atoms with van der Waals surface area (Å²) >= 11 is 0. The van der Waals surface area contributed by atoms with Crippen LogP contribution in [0.5, 0.6) is 0 Å². The first kappa shape index (κ1) is 16.6. The van der Waals surface area contributed by atoms with Gasteiger partial charge in [0.25, 0.3) is 0 Å². The Kier molecular flexibility index (Phi) is 5.15. The minimum absolute atomic E-state index is 0.0730. The van der Waals surface area contributed by atoms with Gasteiger partial charge in [-0.05, 0) is 59.4 Å². The van der Waals surface area contributed by atoms with Crippen LogP contribution in [0.3, 0.4) is 0 Å². The predicted octanol–water partition coefficient (Wildman–Crippen LogP) is 2.28. The molecule has 2 aliphatic rings. The predicted molar refractivity (Wildman–Crippen MR) is 82.2 cm³/mol. The largest absolute Gasteiger partial charge is 0.444 e. The van der Waals surface area contributed by atoms with Crippen molar-refractivity contribution in [3.63, 3.8) is 0 Å². The van der Waals surface area contributed by atoms with Gasteiger partial charge in [0.05, 0.1) is 6.10 Å². The van der Waals surface area contributed by atoms with Crippen molar-refractivity contribution in [2.75, 3.05) is 6.54 Å². The summed E-state index contributed by atoms with van der Waals surface area (Å²) < 4.78 is 5.37. The summed E-state index contributed by atoms with van der Waals surface area (Å²) in [7, 11) is 0. The molecule has 5 nitrogen and oxygen atoms in total. The Morgan fingerprint density at radius 1 is 1.29 bits per heavy atom. The molecule has 0 radical (unpaired) electrons. The number of nitrogens with zero attached hydrogens (tertiary/aromatic N) is 1. The van der Waals surface area contributed by atoms with E-state index in [1.807, 2.05) is 20.8 Å². The van der Waals surface area contributed by atoms with E-state index in [-0.39, 0.29) is 24.3 Å². The second-order valence-corrected chi connectivity index (χ2v) is 7.35. The fraction of sp³-hybridized carbons (Fsp3) is 0.938. The van der Waals surface area contributed by atoms with Gasteiger partial charge in [-0.1, -0.05) is 6.92 Å². The normalized spacial score (nSPS) is 30.3. The van der Waals surface area contributed by atoms with Crippen LogP contribution in [0.4, 0.5) is 4.79 Å². The van der Waals surface area contributed by atoms with Crippen LogP contribution in [0.25, 0.3) is 0 Å². The summed E-state index contributed by atoms with van der Waals surface area (Å²) in [6.07, 6.45) is 4.18. The number of aliphatic hydroxyl groups excluding tert-OH is 1. The summed E-state index contributed by atoms with van der Waals surface area (Å²) in [5.74, 6) is 0. The van der Waals surface area contributed by atoms with E-state index in [1.165, 1.54) is 12.8 Å². The molecule has 3 atom stereocenters. The van der Waals surface area contributed by atoms with Crippen molar-refractivity contribution in [2.45, 2.75) is 89.6 Å². The van der Waals surface area contributed by atoms with E-state index in [4.69, 9.17) is 4.74 Å². The summed E-state index contributed by atoms with van der Waals surface area (Å²) in [6, 6.07) is 0.927. The molecule has 1 amide bonds. The number of carbonyl (C=O) groups excluding carboxylic acids is 1. The van der Waals surface area contributed by atoms with Crippen LogP contribution < -0.4 is 5.32 Å². The molecule has 2 fully saturated rings. The van der Waals surface area contributed by atoms with Gasteiger partial charge in [0, 0.05) is 18.1 Å². The van der Waals surface area contributed by atoms with Gasteiger partial charge in [-0.2, -0.15) is 0 Å². The number of hydrogen-bond donors (Lipinski definition) is 2.